The van der Waals surface area contributed by atoms with E-state index in [2.05, 4.69) is 4.90 Å². The molecule has 1 saturated carbocycles. The number of nitrogens with zero attached hydrogens (tertiary/aromatic N) is 1. The van der Waals surface area contributed by atoms with Crippen LogP contribution in [-0.2, 0) is 9.53 Å². The first kappa shape index (κ1) is 12.8. The second-order valence-corrected chi connectivity index (χ2v) is 5.62. The first-order valence-electron chi connectivity index (χ1n) is 6.57. The van der Waals surface area contributed by atoms with E-state index >= 15 is 0 Å². The molecular weight excluding hydrogens is 218 g/mol. The molecule has 1 heterocycles. The Hall–Kier alpha value is -0.610. The molecule has 0 aromatic heterocycles. The van der Waals surface area contributed by atoms with Crippen molar-refractivity contribution in [3.63, 3.8) is 0 Å². The van der Waals surface area contributed by atoms with Crippen molar-refractivity contribution in [1.82, 2.24) is 4.90 Å². The van der Waals surface area contributed by atoms with Crippen LogP contribution in [0.1, 0.15) is 39.0 Å². The quantitative estimate of drug-likeness (QED) is 0.814. The Kier molecular flexibility index (Phi) is 3.73. The normalized spacial score (nSPS) is 38.7. The van der Waals surface area contributed by atoms with E-state index in [1.54, 1.807) is 7.11 Å². The number of ether oxygens (including phenoxy) is 1. The van der Waals surface area contributed by atoms with Crippen molar-refractivity contribution in [2.45, 2.75) is 51.1 Å². The second kappa shape index (κ2) is 4.94. The van der Waals surface area contributed by atoms with Gasteiger partial charge in [0.1, 0.15) is 0 Å². The highest BCUT2D eigenvalue weighted by molar-refractivity contribution is 5.76. The molecule has 2 aliphatic rings. The number of carboxylic acids is 1. The monoisotopic (exact) mass is 241 g/mol. The van der Waals surface area contributed by atoms with Crippen LogP contribution in [0.2, 0.25) is 0 Å². The Bertz CT molecular complexity index is 292. The van der Waals surface area contributed by atoms with Crippen molar-refractivity contribution in [3.8, 4) is 0 Å². The van der Waals surface area contributed by atoms with E-state index in [9.17, 15) is 9.90 Å². The van der Waals surface area contributed by atoms with Crippen LogP contribution in [-0.4, -0.2) is 48.3 Å². The second-order valence-electron chi connectivity index (χ2n) is 5.62. The summed E-state index contributed by atoms with van der Waals surface area (Å²) in [6.07, 6.45) is 5.39. The summed E-state index contributed by atoms with van der Waals surface area (Å²) in [5.41, 5.74) is -0.538. The van der Waals surface area contributed by atoms with E-state index in [4.69, 9.17) is 4.74 Å². The number of likely N-dealkylation sites (tertiary alicyclic amines) is 1. The van der Waals surface area contributed by atoms with Crippen molar-refractivity contribution in [2.75, 3.05) is 20.3 Å². The SMILES string of the molecule is COCC1CCCCN1C1CCC1(C)C(=O)O. The van der Waals surface area contributed by atoms with Gasteiger partial charge in [0.25, 0.3) is 0 Å². The summed E-state index contributed by atoms with van der Waals surface area (Å²) < 4.78 is 5.27. The van der Waals surface area contributed by atoms with Crippen molar-refractivity contribution >= 4 is 5.97 Å². The molecule has 1 aliphatic heterocycles. The minimum Gasteiger partial charge on any atom is -0.481 e. The molecule has 1 saturated heterocycles. The van der Waals surface area contributed by atoms with Crippen LogP contribution in [0.15, 0.2) is 0 Å². The van der Waals surface area contributed by atoms with Gasteiger partial charge in [-0.15, -0.1) is 0 Å². The Balaban J connectivity index is 2.06. The highest BCUT2D eigenvalue weighted by Crippen LogP contribution is 2.46. The Morgan fingerprint density at radius 1 is 1.47 bits per heavy atom. The van der Waals surface area contributed by atoms with E-state index in [-0.39, 0.29) is 6.04 Å². The molecule has 0 bridgehead atoms. The molecule has 1 N–H and O–H groups in total. The topological polar surface area (TPSA) is 49.8 Å². The average Bonchev–Trinajstić information content (AvgIpc) is 2.29. The lowest BCUT2D eigenvalue weighted by Crippen LogP contribution is -2.62. The summed E-state index contributed by atoms with van der Waals surface area (Å²) >= 11 is 0. The lowest BCUT2D eigenvalue weighted by Gasteiger charge is -2.53. The maximum absolute atomic E-state index is 11.4. The molecule has 17 heavy (non-hydrogen) atoms. The summed E-state index contributed by atoms with van der Waals surface area (Å²) in [5, 5.41) is 9.35. The summed E-state index contributed by atoms with van der Waals surface area (Å²) in [4.78, 5) is 13.8. The zero-order chi connectivity index (χ0) is 12.5. The lowest BCUT2D eigenvalue weighted by atomic mass is 9.64. The van der Waals surface area contributed by atoms with E-state index in [0.717, 1.165) is 32.4 Å². The molecule has 0 amide bonds. The third kappa shape index (κ3) is 2.20. The zero-order valence-corrected chi connectivity index (χ0v) is 10.8. The van der Waals surface area contributed by atoms with Crippen LogP contribution in [0.5, 0.6) is 0 Å². The van der Waals surface area contributed by atoms with Crippen molar-refractivity contribution in [1.29, 1.82) is 0 Å². The average molecular weight is 241 g/mol. The van der Waals surface area contributed by atoms with Gasteiger partial charge in [-0.1, -0.05) is 6.42 Å². The largest absolute Gasteiger partial charge is 0.481 e. The third-order valence-corrected chi connectivity index (χ3v) is 4.59. The highest BCUT2D eigenvalue weighted by Gasteiger charge is 2.52. The van der Waals surface area contributed by atoms with Crippen molar-refractivity contribution in [3.05, 3.63) is 0 Å². The van der Waals surface area contributed by atoms with Crippen LogP contribution in [0.25, 0.3) is 0 Å². The first-order valence-corrected chi connectivity index (χ1v) is 6.57. The number of carboxylic acid groups (broad SMARTS) is 1. The molecule has 0 aromatic rings. The summed E-state index contributed by atoms with van der Waals surface area (Å²) in [6.45, 7) is 3.65. The number of rotatable bonds is 4. The highest BCUT2D eigenvalue weighted by atomic mass is 16.5. The van der Waals surface area contributed by atoms with E-state index in [1.807, 2.05) is 6.92 Å². The summed E-state index contributed by atoms with van der Waals surface area (Å²) in [5.74, 6) is -0.643. The zero-order valence-electron chi connectivity index (χ0n) is 10.8. The van der Waals surface area contributed by atoms with Crippen LogP contribution in [0, 0.1) is 5.41 Å². The van der Waals surface area contributed by atoms with Crippen LogP contribution >= 0.6 is 0 Å². The van der Waals surface area contributed by atoms with E-state index in [1.165, 1.54) is 12.8 Å². The molecule has 0 spiro atoms. The number of hydrogen-bond acceptors (Lipinski definition) is 3. The number of hydrogen-bond donors (Lipinski definition) is 1. The molecule has 2 rings (SSSR count). The molecule has 3 unspecified atom stereocenters. The predicted octanol–water partition coefficient (Wildman–Crippen LogP) is 1.74. The van der Waals surface area contributed by atoms with Crippen LogP contribution in [0.3, 0.4) is 0 Å². The molecule has 4 nitrogen and oxygen atoms in total. The number of methoxy groups -OCH3 is 1. The minimum atomic E-state index is -0.643. The van der Waals surface area contributed by atoms with Gasteiger partial charge in [-0.3, -0.25) is 9.69 Å². The molecule has 3 atom stereocenters. The predicted molar refractivity (Wildman–Crippen MR) is 65.0 cm³/mol. The molecule has 0 radical (unpaired) electrons. The van der Waals surface area contributed by atoms with Gasteiger partial charge in [0, 0.05) is 19.2 Å². The van der Waals surface area contributed by atoms with Gasteiger partial charge in [-0.25, -0.2) is 0 Å². The number of carbonyl (C=O) groups is 1. The third-order valence-electron chi connectivity index (χ3n) is 4.59. The van der Waals surface area contributed by atoms with Crippen molar-refractivity contribution in [2.24, 2.45) is 5.41 Å². The fourth-order valence-electron chi connectivity index (χ4n) is 3.29. The van der Waals surface area contributed by atoms with Gasteiger partial charge in [0.05, 0.1) is 12.0 Å². The van der Waals surface area contributed by atoms with Gasteiger partial charge >= 0.3 is 5.97 Å². The molecule has 98 valence electrons. The minimum absolute atomic E-state index is 0.209. The number of piperidine rings is 1. The number of aliphatic carboxylic acids is 1. The standard InChI is InChI=1S/C13H23NO3/c1-13(12(15)16)7-6-11(13)14-8-4-3-5-10(14)9-17-2/h10-11H,3-9H2,1-2H3,(H,15,16). The van der Waals surface area contributed by atoms with E-state index in [0.29, 0.717) is 6.04 Å². The first-order chi connectivity index (χ1) is 8.09. The smallest absolute Gasteiger partial charge is 0.310 e. The van der Waals surface area contributed by atoms with Gasteiger partial charge in [-0.2, -0.15) is 0 Å². The molecule has 0 aromatic carbocycles. The fraction of sp³-hybridized carbons (Fsp3) is 0.923. The maximum atomic E-state index is 11.4. The molecule has 1 aliphatic carbocycles. The van der Waals surface area contributed by atoms with Gasteiger partial charge in [0.15, 0.2) is 0 Å². The van der Waals surface area contributed by atoms with Gasteiger partial charge in [-0.05, 0) is 39.2 Å². The summed E-state index contributed by atoms with van der Waals surface area (Å²) in [7, 11) is 1.73. The summed E-state index contributed by atoms with van der Waals surface area (Å²) in [6, 6.07) is 0.623. The lowest BCUT2D eigenvalue weighted by molar-refractivity contribution is -0.164. The van der Waals surface area contributed by atoms with Crippen molar-refractivity contribution < 1.29 is 14.6 Å². The Labute approximate surface area is 103 Å². The van der Waals surface area contributed by atoms with Gasteiger partial charge in [0.2, 0.25) is 0 Å². The Morgan fingerprint density at radius 2 is 2.24 bits per heavy atom. The maximum Gasteiger partial charge on any atom is 0.310 e. The van der Waals surface area contributed by atoms with Crippen LogP contribution < -0.4 is 0 Å². The van der Waals surface area contributed by atoms with Crippen LogP contribution in [0.4, 0.5) is 0 Å². The molecule has 2 fully saturated rings. The fourth-order valence-corrected chi connectivity index (χ4v) is 3.29. The molecular formula is C13H23NO3. The molecule has 4 heteroatoms. The van der Waals surface area contributed by atoms with E-state index < -0.39 is 11.4 Å². The van der Waals surface area contributed by atoms with Gasteiger partial charge < -0.3 is 9.84 Å². The Morgan fingerprint density at radius 3 is 2.76 bits per heavy atom.